The summed E-state index contributed by atoms with van der Waals surface area (Å²) >= 11 is 3.69. The molecule has 4 atom stereocenters. The molecule has 1 aromatic rings. The van der Waals surface area contributed by atoms with Gasteiger partial charge in [0.05, 0.1) is 5.54 Å². The summed E-state index contributed by atoms with van der Waals surface area (Å²) < 4.78 is 0. The van der Waals surface area contributed by atoms with Crippen LogP contribution in [-0.2, 0) is 4.79 Å². The highest BCUT2D eigenvalue weighted by Gasteiger charge is 2.50. The molecule has 3 rings (SSSR count). The third kappa shape index (κ3) is 2.64. The van der Waals surface area contributed by atoms with Gasteiger partial charge >= 0.3 is 0 Å². The number of amides is 1. The molecule has 3 nitrogen and oxygen atoms in total. The Hall–Kier alpha value is -0.520. The normalized spacial score (nSPS) is 36.6. The van der Waals surface area contributed by atoms with Gasteiger partial charge in [0.2, 0.25) is 5.91 Å². The van der Waals surface area contributed by atoms with E-state index in [2.05, 4.69) is 47.8 Å². The van der Waals surface area contributed by atoms with Crippen molar-refractivity contribution < 1.29 is 4.79 Å². The minimum Gasteiger partial charge on any atom is -0.317 e. The summed E-state index contributed by atoms with van der Waals surface area (Å²) in [6.07, 6.45) is 6.59. The molecule has 0 aromatic carbocycles. The second-order valence-corrected chi connectivity index (χ2v) is 8.40. The maximum Gasteiger partial charge on any atom is 0.244 e. The van der Waals surface area contributed by atoms with E-state index in [0.29, 0.717) is 11.3 Å². The van der Waals surface area contributed by atoms with Crippen LogP contribution in [0.2, 0.25) is 0 Å². The van der Waals surface area contributed by atoms with Crippen molar-refractivity contribution in [3.63, 3.8) is 0 Å². The van der Waals surface area contributed by atoms with E-state index in [-0.39, 0.29) is 12.1 Å². The molecular weight excluding hydrogens is 300 g/mol. The summed E-state index contributed by atoms with van der Waals surface area (Å²) in [6, 6.07) is 4.61. The van der Waals surface area contributed by atoms with Gasteiger partial charge in [-0.25, -0.2) is 0 Å². The molecule has 1 aliphatic heterocycles. The molecule has 0 spiro atoms. The van der Waals surface area contributed by atoms with Crippen molar-refractivity contribution in [2.75, 3.05) is 6.26 Å². The van der Waals surface area contributed by atoms with Gasteiger partial charge in [-0.05, 0) is 50.3 Å². The summed E-state index contributed by atoms with van der Waals surface area (Å²) in [5, 5.41) is 6.42. The first-order chi connectivity index (χ1) is 10.1. The van der Waals surface area contributed by atoms with E-state index in [0.717, 1.165) is 19.3 Å². The highest BCUT2D eigenvalue weighted by Crippen LogP contribution is 2.41. The SMILES string of the molecule is CCC1(C)NC(c2cccs2)N(C2CCC(SC)C2)C1=O. The van der Waals surface area contributed by atoms with Crippen LogP contribution in [0.4, 0.5) is 0 Å². The van der Waals surface area contributed by atoms with Gasteiger partial charge in [0, 0.05) is 16.2 Å². The van der Waals surface area contributed by atoms with Gasteiger partial charge in [0.15, 0.2) is 0 Å². The fourth-order valence-electron chi connectivity index (χ4n) is 3.50. The third-order valence-corrected chi connectivity index (χ3v) is 7.06. The Bertz CT molecular complexity index is 504. The Kier molecular flexibility index (Phi) is 4.35. The van der Waals surface area contributed by atoms with E-state index in [1.807, 2.05) is 11.8 Å². The molecule has 0 radical (unpaired) electrons. The van der Waals surface area contributed by atoms with Crippen LogP contribution in [0.5, 0.6) is 0 Å². The topological polar surface area (TPSA) is 32.3 Å². The number of hydrogen-bond donors (Lipinski definition) is 1. The number of carbonyl (C=O) groups excluding carboxylic acids is 1. The van der Waals surface area contributed by atoms with Gasteiger partial charge in [-0.2, -0.15) is 11.8 Å². The highest BCUT2D eigenvalue weighted by molar-refractivity contribution is 7.99. The molecule has 1 aromatic heterocycles. The van der Waals surface area contributed by atoms with E-state index >= 15 is 0 Å². The number of carbonyl (C=O) groups is 1. The average Bonchev–Trinajstić information content (AvgIpc) is 3.20. The number of rotatable bonds is 4. The molecule has 21 heavy (non-hydrogen) atoms. The molecule has 1 aliphatic carbocycles. The standard InChI is InChI=1S/C16H24N2OS2/c1-4-16(2)15(19)18(11-7-8-12(10-11)20-3)14(17-16)13-6-5-9-21-13/h5-6,9,11-12,14,17H,4,7-8,10H2,1-3H3. The van der Waals surface area contributed by atoms with Crippen molar-refractivity contribution >= 4 is 29.0 Å². The number of thiophene rings is 1. The molecule has 116 valence electrons. The van der Waals surface area contributed by atoms with Crippen LogP contribution >= 0.6 is 23.1 Å². The minimum atomic E-state index is -0.411. The van der Waals surface area contributed by atoms with Crippen LogP contribution in [-0.4, -0.2) is 33.9 Å². The van der Waals surface area contributed by atoms with Crippen LogP contribution in [0.15, 0.2) is 17.5 Å². The van der Waals surface area contributed by atoms with Crippen molar-refractivity contribution in [3.8, 4) is 0 Å². The minimum absolute atomic E-state index is 0.0630. The van der Waals surface area contributed by atoms with Gasteiger partial charge in [-0.15, -0.1) is 11.3 Å². The van der Waals surface area contributed by atoms with Crippen LogP contribution in [0, 0.1) is 0 Å². The van der Waals surface area contributed by atoms with Crippen molar-refractivity contribution in [2.45, 2.75) is 62.5 Å². The zero-order chi connectivity index (χ0) is 15.0. The fourth-order valence-corrected chi connectivity index (χ4v) is 5.06. The van der Waals surface area contributed by atoms with Crippen molar-refractivity contribution in [1.82, 2.24) is 10.2 Å². The van der Waals surface area contributed by atoms with Gasteiger partial charge < -0.3 is 4.90 Å². The zero-order valence-corrected chi connectivity index (χ0v) is 14.6. The Balaban J connectivity index is 1.89. The fraction of sp³-hybridized carbons (Fsp3) is 0.688. The monoisotopic (exact) mass is 324 g/mol. The van der Waals surface area contributed by atoms with Crippen molar-refractivity contribution in [1.29, 1.82) is 0 Å². The van der Waals surface area contributed by atoms with Gasteiger partial charge in [-0.1, -0.05) is 13.0 Å². The van der Waals surface area contributed by atoms with E-state index in [9.17, 15) is 4.79 Å². The average molecular weight is 325 g/mol. The van der Waals surface area contributed by atoms with Crippen LogP contribution in [0.3, 0.4) is 0 Å². The summed E-state index contributed by atoms with van der Waals surface area (Å²) in [4.78, 5) is 16.4. The lowest BCUT2D eigenvalue weighted by Crippen LogP contribution is -2.44. The smallest absolute Gasteiger partial charge is 0.244 e. The van der Waals surface area contributed by atoms with Crippen LogP contribution in [0.25, 0.3) is 0 Å². The van der Waals surface area contributed by atoms with E-state index in [1.54, 1.807) is 11.3 Å². The molecule has 1 saturated carbocycles. The summed E-state index contributed by atoms with van der Waals surface area (Å²) in [6.45, 7) is 4.15. The summed E-state index contributed by atoms with van der Waals surface area (Å²) in [7, 11) is 0. The van der Waals surface area contributed by atoms with E-state index in [1.165, 1.54) is 11.3 Å². The molecule has 1 N–H and O–H groups in total. The molecule has 5 heteroatoms. The summed E-state index contributed by atoms with van der Waals surface area (Å²) in [5.74, 6) is 0.287. The molecule has 2 fully saturated rings. The van der Waals surface area contributed by atoms with Gasteiger partial charge in [0.25, 0.3) is 0 Å². The first-order valence-electron chi connectivity index (χ1n) is 7.75. The number of hydrogen-bond acceptors (Lipinski definition) is 4. The van der Waals surface area contributed by atoms with Crippen molar-refractivity contribution in [3.05, 3.63) is 22.4 Å². The maximum absolute atomic E-state index is 13.0. The Morgan fingerprint density at radius 2 is 2.33 bits per heavy atom. The molecule has 2 aliphatic rings. The first kappa shape index (κ1) is 15.4. The highest BCUT2D eigenvalue weighted by atomic mass is 32.2. The van der Waals surface area contributed by atoms with E-state index < -0.39 is 5.54 Å². The van der Waals surface area contributed by atoms with Gasteiger partial charge in [0.1, 0.15) is 6.17 Å². The molecule has 4 unspecified atom stereocenters. The Morgan fingerprint density at radius 1 is 1.52 bits per heavy atom. The Morgan fingerprint density at radius 3 is 2.90 bits per heavy atom. The van der Waals surface area contributed by atoms with Gasteiger partial charge in [-0.3, -0.25) is 10.1 Å². The lowest BCUT2D eigenvalue weighted by atomic mass is 9.99. The first-order valence-corrected chi connectivity index (χ1v) is 9.92. The number of nitrogens with one attached hydrogen (secondary N) is 1. The maximum atomic E-state index is 13.0. The Labute approximate surface area is 135 Å². The summed E-state index contributed by atoms with van der Waals surface area (Å²) in [5.41, 5.74) is -0.411. The van der Waals surface area contributed by atoms with E-state index in [4.69, 9.17) is 0 Å². The number of nitrogens with zero attached hydrogens (tertiary/aromatic N) is 1. The number of thioether (sulfide) groups is 1. The molecule has 0 bridgehead atoms. The van der Waals surface area contributed by atoms with Crippen LogP contribution in [0.1, 0.15) is 50.6 Å². The third-order valence-electron chi connectivity index (χ3n) is 5.04. The lowest BCUT2D eigenvalue weighted by Gasteiger charge is -2.30. The predicted molar refractivity (Wildman–Crippen MR) is 90.7 cm³/mol. The quantitative estimate of drug-likeness (QED) is 0.918. The lowest BCUT2D eigenvalue weighted by molar-refractivity contribution is -0.135. The molecule has 1 amide bonds. The molecule has 2 heterocycles. The molecular formula is C16H24N2OS2. The van der Waals surface area contributed by atoms with Crippen LogP contribution < -0.4 is 5.32 Å². The second kappa shape index (κ2) is 5.94. The molecule has 1 saturated heterocycles. The second-order valence-electron chi connectivity index (χ2n) is 6.28. The predicted octanol–water partition coefficient (Wildman–Crippen LogP) is 3.63. The largest absolute Gasteiger partial charge is 0.317 e. The van der Waals surface area contributed by atoms with Crippen molar-refractivity contribution in [2.24, 2.45) is 0 Å². The zero-order valence-electron chi connectivity index (χ0n) is 13.0.